The van der Waals surface area contributed by atoms with Crippen LogP contribution in [0.5, 0.6) is 0 Å². The number of carbonyl (C=O) groups is 2. The van der Waals surface area contributed by atoms with E-state index in [4.69, 9.17) is 4.74 Å². The maximum Gasteiger partial charge on any atom is 0.331 e. The fourth-order valence-corrected chi connectivity index (χ4v) is 1.45. The third-order valence-electron chi connectivity index (χ3n) is 2.54. The van der Waals surface area contributed by atoms with Gasteiger partial charge in [-0.15, -0.1) is 0 Å². The van der Waals surface area contributed by atoms with E-state index in [2.05, 4.69) is 4.74 Å². The van der Waals surface area contributed by atoms with Gasteiger partial charge in [-0.05, 0) is 18.9 Å². The average Bonchev–Trinajstić information content (AvgIpc) is 2.43. The highest BCUT2D eigenvalue weighted by Crippen LogP contribution is 2.06. The van der Waals surface area contributed by atoms with Gasteiger partial charge in [-0.25, -0.2) is 4.79 Å². The number of allylic oxidation sites excluding steroid dienone is 1. The highest BCUT2D eigenvalue weighted by molar-refractivity contribution is 5.82. The fourth-order valence-electron chi connectivity index (χ4n) is 1.45. The first kappa shape index (κ1) is 15.0. The second-order valence-corrected chi connectivity index (χ2v) is 4.16. The van der Waals surface area contributed by atoms with Gasteiger partial charge in [0, 0.05) is 12.5 Å². The summed E-state index contributed by atoms with van der Waals surface area (Å²) < 4.78 is 9.63. The lowest BCUT2D eigenvalue weighted by atomic mass is 10.1. The van der Waals surface area contributed by atoms with E-state index in [0.717, 1.165) is 11.1 Å². The van der Waals surface area contributed by atoms with Crippen molar-refractivity contribution in [3.8, 4) is 0 Å². The van der Waals surface area contributed by atoms with Crippen LogP contribution >= 0.6 is 0 Å². The van der Waals surface area contributed by atoms with Gasteiger partial charge in [0.1, 0.15) is 6.61 Å². The monoisotopic (exact) mass is 262 g/mol. The minimum atomic E-state index is -0.397. The maximum atomic E-state index is 11.5. The standard InChI is InChI=1S/C15H18O4/c1-12(8-9-14(16)18-2)10-15(17)19-11-13-6-4-3-5-7-13/h3-7,10H,8-9,11H2,1-2H3/b12-10+. The lowest BCUT2D eigenvalue weighted by Crippen LogP contribution is -2.03. The Balaban J connectivity index is 2.35. The van der Waals surface area contributed by atoms with Crippen molar-refractivity contribution in [1.82, 2.24) is 0 Å². The zero-order valence-electron chi connectivity index (χ0n) is 11.2. The van der Waals surface area contributed by atoms with Crippen LogP contribution in [0.25, 0.3) is 0 Å². The fraction of sp³-hybridized carbons (Fsp3) is 0.333. The first-order valence-corrected chi connectivity index (χ1v) is 6.06. The van der Waals surface area contributed by atoms with Crippen LogP contribution in [-0.4, -0.2) is 19.0 Å². The minimum absolute atomic E-state index is 0.250. The molecule has 0 aliphatic carbocycles. The van der Waals surface area contributed by atoms with Gasteiger partial charge in [-0.1, -0.05) is 35.9 Å². The predicted molar refractivity (Wildman–Crippen MR) is 71.2 cm³/mol. The van der Waals surface area contributed by atoms with Gasteiger partial charge in [0.25, 0.3) is 0 Å². The molecule has 0 radical (unpaired) electrons. The van der Waals surface area contributed by atoms with E-state index in [9.17, 15) is 9.59 Å². The van der Waals surface area contributed by atoms with Gasteiger partial charge in [-0.3, -0.25) is 4.79 Å². The van der Waals surface area contributed by atoms with Gasteiger partial charge < -0.3 is 9.47 Å². The van der Waals surface area contributed by atoms with Crippen molar-refractivity contribution in [3.63, 3.8) is 0 Å². The van der Waals surface area contributed by atoms with Crippen molar-refractivity contribution in [3.05, 3.63) is 47.5 Å². The summed E-state index contributed by atoms with van der Waals surface area (Å²) in [4.78, 5) is 22.5. The summed E-state index contributed by atoms with van der Waals surface area (Å²) in [7, 11) is 1.34. The Bertz CT molecular complexity index is 448. The van der Waals surface area contributed by atoms with E-state index < -0.39 is 5.97 Å². The molecule has 0 spiro atoms. The quantitative estimate of drug-likeness (QED) is 0.584. The van der Waals surface area contributed by atoms with Gasteiger partial charge in [0.15, 0.2) is 0 Å². The van der Waals surface area contributed by atoms with Crippen molar-refractivity contribution in [2.24, 2.45) is 0 Å². The summed E-state index contributed by atoms with van der Waals surface area (Å²) in [5.41, 5.74) is 1.74. The molecule has 0 bridgehead atoms. The van der Waals surface area contributed by atoms with Gasteiger partial charge >= 0.3 is 11.9 Å². The molecule has 0 unspecified atom stereocenters. The second-order valence-electron chi connectivity index (χ2n) is 4.16. The molecule has 1 aromatic carbocycles. The topological polar surface area (TPSA) is 52.6 Å². The lowest BCUT2D eigenvalue weighted by Gasteiger charge is -2.03. The van der Waals surface area contributed by atoms with E-state index in [-0.39, 0.29) is 19.0 Å². The van der Waals surface area contributed by atoms with Crippen LogP contribution in [0.3, 0.4) is 0 Å². The molecule has 0 aliphatic heterocycles. The molecule has 1 aromatic rings. The van der Waals surface area contributed by atoms with E-state index in [1.165, 1.54) is 13.2 Å². The van der Waals surface area contributed by atoms with Crippen LogP contribution in [0.2, 0.25) is 0 Å². The van der Waals surface area contributed by atoms with E-state index >= 15 is 0 Å². The van der Waals surface area contributed by atoms with Gasteiger partial charge in [-0.2, -0.15) is 0 Å². The van der Waals surface area contributed by atoms with E-state index in [1.54, 1.807) is 6.92 Å². The summed E-state index contributed by atoms with van der Waals surface area (Å²) in [5.74, 6) is -0.684. The van der Waals surface area contributed by atoms with Crippen LogP contribution in [0, 0.1) is 0 Å². The molecular formula is C15H18O4. The SMILES string of the molecule is COC(=O)CC/C(C)=C/C(=O)OCc1ccccc1. The molecule has 0 amide bonds. The van der Waals surface area contributed by atoms with Crippen molar-refractivity contribution >= 4 is 11.9 Å². The molecule has 0 saturated carbocycles. The maximum absolute atomic E-state index is 11.5. The number of carbonyl (C=O) groups excluding carboxylic acids is 2. The Morgan fingerprint density at radius 3 is 2.47 bits per heavy atom. The van der Waals surface area contributed by atoms with Crippen LogP contribution in [0.15, 0.2) is 42.0 Å². The third-order valence-corrected chi connectivity index (χ3v) is 2.54. The third kappa shape index (κ3) is 6.41. The molecule has 19 heavy (non-hydrogen) atoms. The normalized spacial score (nSPS) is 10.9. The van der Waals surface area contributed by atoms with Crippen LogP contribution in [0.4, 0.5) is 0 Å². The Kier molecular flexibility index (Phi) is 6.36. The number of benzene rings is 1. The van der Waals surface area contributed by atoms with E-state index in [0.29, 0.717) is 6.42 Å². The second kappa shape index (κ2) is 8.08. The van der Waals surface area contributed by atoms with Crippen molar-refractivity contribution in [1.29, 1.82) is 0 Å². The minimum Gasteiger partial charge on any atom is -0.469 e. The highest BCUT2D eigenvalue weighted by atomic mass is 16.5. The predicted octanol–water partition coefficient (Wildman–Crippen LogP) is 2.63. The van der Waals surface area contributed by atoms with Crippen molar-refractivity contribution in [2.45, 2.75) is 26.4 Å². The molecule has 4 heteroatoms. The molecule has 0 fully saturated rings. The van der Waals surface area contributed by atoms with Crippen LogP contribution < -0.4 is 0 Å². The van der Waals surface area contributed by atoms with Crippen LogP contribution in [0.1, 0.15) is 25.3 Å². The summed E-state index contributed by atoms with van der Waals surface area (Å²) >= 11 is 0. The first-order chi connectivity index (χ1) is 9.11. The Morgan fingerprint density at radius 2 is 1.84 bits per heavy atom. The molecule has 0 heterocycles. The highest BCUT2D eigenvalue weighted by Gasteiger charge is 2.04. The Hall–Kier alpha value is -2.10. The average molecular weight is 262 g/mol. The molecule has 102 valence electrons. The number of hydrogen-bond donors (Lipinski definition) is 0. The first-order valence-electron chi connectivity index (χ1n) is 6.06. The lowest BCUT2D eigenvalue weighted by molar-refractivity contribution is -0.141. The van der Waals surface area contributed by atoms with Gasteiger partial charge in [0.2, 0.25) is 0 Å². The number of rotatable bonds is 6. The summed E-state index contributed by atoms with van der Waals surface area (Å²) in [6, 6.07) is 9.46. The molecule has 0 N–H and O–H groups in total. The molecule has 4 nitrogen and oxygen atoms in total. The zero-order valence-corrected chi connectivity index (χ0v) is 11.2. The number of esters is 2. The number of ether oxygens (including phenoxy) is 2. The molecule has 1 rings (SSSR count). The summed E-state index contributed by atoms with van der Waals surface area (Å²) in [5, 5.41) is 0. The Labute approximate surface area is 113 Å². The van der Waals surface area contributed by atoms with E-state index in [1.807, 2.05) is 30.3 Å². The number of hydrogen-bond acceptors (Lipinski definition) is 4. The molecule has 0 aromatic heterocycles. The zero-order chi connectivity index (χ0) is 14.1. The van der Waals surface area contributed by atoms with Gasteiger partial charge in [0.05, 0.1) is 7.11 Å². The molecule has 0 saturated heterocycles. The smallest absolute Gasteiger partial charge is 0.331 e. The van der Waals surface area contributed by atoms with Crippen molar-refractivity contribution < 1.29 is 19.1 Å². The molecule has 0 aliphatic rings. The molecular weight excluding hydrogens is 244 g/mol. The Morgan fingerprint density at radius 1 is 1.16 bits per heavy atom. The van der Waals surface area contributed by atoms with Crippen molar-refractivity contribution in [2.75, 3.05) is 7.11 Å². The molecule has 0 atom stereocenters. The summed E-state index contributed by atoms with van der Waals surface area (Å²) in [6.45, 7) is 2.03. The van der Waals surface area contributed by atoms with Crippen LogP contribution in [-0.2, 0) is 25.7 Å². The number of methoxy groups -OCH3 is 1. The largest absolute Gasteiger partial charge is 0.469 e. The summed E-state index contributed by atoms with van der Waals surface area (Å²) in [6.07, 6.45) is 2.17.